The summed E-state index contributed by atoms with van der Waals surface area (Å²) in [5, 5.41) is 14.9. The highest BCUT2D eigenvalue weighted by Gasteiger charge is 2.16. The second-order valence-electron chi connectivity index (χ2n) is 5.19. The van der Waals surface area contributed by atoms with Crippen molar-refractivity contribution < 1.29 is 5.21 Å². The van der Waals surface area contributed by atoms with Gasteiger partial charge in [-0.3, -0.25) is 0 Å². The Morgan fingerprint density at radius 3 is 2.76 bits per heavy atom. The highest BCUT2D eigenvalue weighted by molar-refractivity contribution is 5.80. The molecule has 1 unspecified atom stereocenters. The first-order valence-electron chi connectivity index (χ1n) is 6.50. The quantitative estimate of drug-likeness (QED) is 0.279. The maximum Gasteiger partial charge on any atom is 0.140 e. The Labute approximate surface area is 104 Å². The van der Waals surface area contributed by atoms with Gasteiger partial charge in [-0.2, -0.15) is 0 Å². The van der Waals surface area contributed by atoms with Gasteiger partial charge in [0.05, 0.1) is 0 Å². The lowest BCUT2D eigenvalue weighted by molar-refractivity contribution is 0.211. The van der Waals surface area contributed by atoms with Gasteiger partial charge in [-0.1, -0.05) is 5.16 Å². The van der Waals surface area contributed by atoms with Crippen LogP contribution in [0.4, 0.5) is 0 Å². The van der Waals surface area contributed by atoms with Gasteiger partial charge in [0.15, 0.2) is 0 Å². The highest BCUT2D eigenvalue weighted by atomic mass is 16.4. The van der Waals surface area contributed by atoms with E-state index >= 15 is 0 Å². The summed E-state index contributed by atoms with van der Waals surface area (Å²) in [6.07, 6.45) is 4.46. The monoisotopic (exact) mass is 242 g/mol. The first kappa shape index (κ1) is 14.3. The van der Waals surface area contributed by atoms with Crippen LogP contribution in [0.5, 0.6) is 0 Å². The Morgan fingerprint density at radius 2 is 2.18 bits per heavy atom. The molecule has 1 aliphatic rings. The van der Waals surface area contributed by atoms with Gasteiger partial charge in [-0.05, 0) is 58.8 Å². The number of rotatable bonds is 6. The number of hydrogen-bond acceptors (Lipinski definition) is 4. The third-order valence-corrected chi connectivity index (χ3v) is 3.53. The van der Waals surface area contributed by atoms with Crippen molar-refractivity contribution in [2.24, 2.45) is 16.8 Å². The van der Waals surface area contributed by atoms with Crippen molar-refractivity contribution in [2.75, 3.05) is 26.7 Å². The highest BCUT2D eigenvalue weighted by Crippen LogP contribution is 2.18. The Hall–Kier alpha value is -0.810. The molecule has 1 rings (SSSR count). The van der Waals surface area contributed by atoms with Crippen LogP contribution < -0.4 is 11.1 Å². The second-order valence-corrected chi connectivity index (χ2v) is 5.19. The van der Waals surface area contributed by atoms with Crippen LogP contribution in [0.2, 0.25) is 0 Å². The average molecular weight is 242 g/mol. The summed E-state index contributed by atoms with van der Waals surface area (Å²) in [4.78, 5) is 2.39. The van der Waals surface area contributed by atoms with Crippen LogP contribution in [0, 0.1) is 5.92 Å². The topological polar surface area (TPSA) is 73.9 Å². The van der Waals surface area contributed by atoms with Gasteiger partial charge in [0.2, 0.25) is 0 Å². The Balaban J connectivity index is 2.07. The molecule has 4 N–H and O–H groups in total. The van der Waals surface area contributed by atoms with Gasteiger partial charge < -0.3 is 21.2 Å². The Bertz CT molecular complexity index is 237. The third-order valence-electron chi connectivity index (χ3n) is 3.53. The minimum absolute atomic E-state index is 0.275. The first-order valence-corrected chi connectivity index (χ1v) is 6.50. The SMILES string of the molecule is CC(CC(N)=NO)NCCC1CCN(C)CC1. The van der Waals surface area contributed by atoms with Crippen LogP contribution in [0.3, 0.4) is 0 Å². The van der Waals surface area contributed by atoms with Crippen molar-refractivity contribution in [2.45, 2.75) is 38.6 Å². The zero-order valence-electron chi connectivity index (χ0n) is 11.0. The molecule has 0 radical (unpaired) electrons. The summed E-state index contributed by atoms with van der Waals surface area (Å²) < 4.78 is 0. The van der Waals surface area contributed by atoms with Crippen molar-refractivity contribution >= 4 is 5.84 Å². The van der Waals surface area contributed by atoms with Gasteiger partial charge in [0.25, 0.3) is 0 Å². The van der Waals surface area contributed by atoms with Crippen LogP contribution in [-0.4, -0.2) is 48.7 Å². The predicted octanol–water partition coefficient (Wildman–Crippen LogP) is 0.833. The minimum atomic E-state index is 0.275. The van der Waals surface area contributed by atoms with Crippen LogP contribution in [0.25, 0.3) is 0 Å². The normalized spacial score (nSPS) is 21.6. The molecule has 1 fully saturated rings. The summed E-state index contributed by atoms with van der Waals surface area (Å²) in [6.45, 7) is 5.54. The van der Waals surface area contributed by atoms with Crippen molar-refractivity contribution in [3.63, 3.8) is 0 Å². The number of nitrogens with two attached hydrogens (primary N) is 1. The molecule has 0 spiro atoms. The van der Waals surface area contributed by atoms with E-state index in [2.05, 4.69) is 29.3 Å². The van der Waals surface area contributed by atoms with Crippen molar-refractivity contribution in [3.05, 3.63) is 0 Å². The summed E-state index contributed by atoms with van der Waals surface area (Å²) in [7, 11) is 2.19. The van der Waals surface area contributed by atoms with E-state index in [0.717, 1.165) is 12.5 Å². The second kappa shape index (κ2) is 7.50. The molecule has 0 aromatic carbocycles. The maximum absolute atomic E-state index is 8.47. The third kappa shape index (κ3) is 5.89. The van der Waals surface area contributed by atoms with Gasteiger partial charge in [0, 0.05) is 12.5 Å². The van der Waals surface area contributed by atoms with Crippen molar-refractivity contribution in [1.29, 1.82) is 0 Å². The molecule has 0 saturated carbocycles. The summed E-state index contributed by atoms with van der Waals surface area (Å²) >= 11 is 0. The summed E-state index contributed by atoms with van der Waals surface area (Å²) in [5.41, 5.74) is 5.46. The van der Waals surface area contributed by atoms with Gasteiger partial charge in [-0.25, -0.2) is 0 Å². The van der Waals surface area contributed by atoms with E-state index < -0.39 is 0 Å². The van der Waals surface area contributed by atoms with E-state index in [1.54, 1.807) is 0 Å². The van der Waals surface area contributed by atoms with Gasteiger partial charge in [0.1, 0.15) is 5.84 Å². The number of hydrogen-bond donors (Lipinski definition) is 3. The summed E-state index contributed by atoms with van der Waals surface area (Å²) in [5.74, 6) is 1.15. The van der Waals surface area contributed by atoms with Crippen LogP contribution in [0.15, 0.2) is 5.16 Å². The smallest absolute Gasteiger partial charge is 0.140 e. The molecular weight excluding hydrogens is 216 g/mol. The molecule has 17 heavy (non-hydrogen) atoms. The molecule has 1 saturated heterocycles. The molecule has 0 aliphatic carbocycles. The van der Waals surface area contributed by atoms with E-state index in [1.807, 2.05) is 0 Å². The molecule has 0 bridgehead atoms. The molecular formula is C12H26N4O. The fourth-order valence-corrected chi connectivity index (χ4v) is 2.31. The Kier molecular flexibility index (Phi) is 6.29. The lowest BCUT2D eigenvalue weighted by atomic mass is 9.94. The number of amidine groups is 1. The van der Waals surface area contributed by atoms with Crippen LogP contribution >= 0.6 is 0 Å². The molecule has 0 amide bonds. The molecule has 5 heteroatoms. The molecule has 1 heterocycles. The number of oxime groups is 1. The van der Waals surface area contributed by atoms with E-state index in [1.165, 1.54) is 32.4 Å². The molecule has 0 aromatic heterocycles. The summed E-state index contributed by atoms with van der Waals surface area (Å²) in [6, 6.07) is 0.275. The predicted molar refractivity (Wildman–Crippen MR) is 70.3 cm³/mol. The maximum atomic E-state index is 8.47. The van der Waals surface area contributed by atoms with E-state index in [4.69, 9.17) is 10.9 Å². The standard InChI is InChI=1S/C12H26N4O/c1-10(9-12(13)15-17)14-6-3-11-4-7-16(2)8-5-11/h10-11,14,17H,3-9H2,1-2H3,(H2,13,15). The lowest BCUT2D eigenvalue weighted by Crippen LogP contribution is -2.35. The lowest BCUT2D eigenvalue weighted by Gasteiger charge is -2.29. The largest absolute Gasteiger partial charge is 0.409 e. The number of likely N-dealkylation sites (tertiary alicyclic amines) is 1. The molecule has 0 aromatic rings. The van der Waals surface area contributed by atoms with Gasteiger partial charge in [-0.15, -0.1) is 0 Å². The van der Waals surface area contributed by atoms with Gasteiger partial charge >= 0.3 is 0 Å². The molecule has 100 valence electrons. The zero-order valence-corrected chi connectivity index (χ0v) is 11.0. The molecule has 1 aliphatic heterocycles. The number of piperidine rings is 1. The van der Waals surface area contributed by atoms with Crippen LogP contribution in [0.1, 0.15) is 32.6 Å². The fourth-order valence-electron chi connectivity index (χ4n) is 2.31. The minimum Gasteiger partial charge on any atom is -0.409 e. The van der Waals surface area contributed by atoms with Crippen molar-refractivity contribution in [3.8, 4) is 0 Å². The van der Waals surface area contributed by atoms with E-state index in [-0.39, 0.29) is 6.04 Å². The van der Waals surface area contributed by atoms with E-state index in [0.29, 0.717) is 12.3 Å². The average Bonchev–Trinajstić information content (AvgIpc) is 2.31. The Morgan fingerprint density at radius 1 is 1.53 bits per heavy atom. The zero-order chi connectivity index (χ0) is 12.7. The number of nitrogens with zero attached hydrogens (tertiary/aromatic N) is 2. The van der Waals surface area contributed by atoms with Crippen molar-refractivity contribution in [1.82, 2.24) is 10.2 Å². The van der Waals surface area contributed by atoms with E-state index in [9.17, 15) is 0 Å². The number of nitrogens with one attached hydrogen (secondary N) is 1. The molecule has 5 nitrogen and oxygen atoms in total. The first-order chi connectivity index (χ1) is 8.11. The fraction of sp³-hybridized carbons (Fsp3) is 0.917. The van der Waals surface area contributed by atoms with Crippen LogP contribution in [-0.2, 0) is 0 Å². The molecule has 1 atom stereocenters.